The van der Waals surface area contributed by atoms with Crippen molar-refractivity contribution in [1.29, 1.82) is 5.26 Å². The van der Waals surface area contributed by atoms with Crippen LogP contribution in [-0.2, 0) is 0 Å². The monoisotopic (exact) mass is 138 g/mol. The fourth-order valence-electron chi connectivity index (χ4n) is 0.660. The highest BCUT2D eigenvalue weighted by molar-refractivity contribution is 5.18. The van der Waals surface area contributed by atoms with Gasteiger partial charge in [-0.3, -0.25) is 0 Å². The van der Waals surface area contributed by atoms with E-state index in [4.69, 9.17) is 5.26 Å². The molecule has 56 valence electrons. The molecule has 0 heterocycles. The molecule has 0 radical (unpaired) electrons. The lowest BCUT2D eigenvalue weighted by atomic mass is 10.2. The molecule has 0 aromatic heterocycles. The van der Waals surface area contributed by atoms with E-state index in [9.17, 15) is 0 Å². The van der Waals surface area contributed by atoms with Crippen LogP contribution in [0.1, 0.15) is 20.8 Å². The van der Waals surface area contributed by atoms with Gasteiger partial charge in [0.1, 0.15) is 11.8 Å². The van der Waals surface area contributed by atoms with Gasteiger partial charge in [0.2, 0.25) is 0 Å². The summed E-state index contributed by atoms with van der Waals surface area (Å²) in [7, 11) is 0. The van der Waals surface area contributed by atoms with Crippen LogP contribution < -0.4 is 5.32 Å². The normalized spacial score (nSPS) is 11.3. The molecule has 0 saturated carbocycles. The maximum Gasteiger partial charge on any atom is 0.117 e. The van der Waals surface area contributed by atoms with Gasteiger partial charge in [-0.2, -0.15) is 5.26 Å². The zero-order chi connectivity index (χ0) is 7.98. The lowest BCUT2D eigenvalue weighted by molar-refractivity contribution is 0.793. The minimum absolute atomic E-state index is 0.439. The van der Waals surface area contributed by atoms with Crippen LogP contribution in [0.15, 0.2) is 11.8 Å². The smallest absolute Gasteiger partial charge is 0.117 e. The Hall–Kier alpha value is -0.970. The first-order valence-corrected chi connectivity index (χ1v) is 3.56. The van der Waals surface area contributed by atoms with Gasteiger partial charge in [-0.15, -0.1) is 0 Å². The third-order valence-corrected chi connectivity index (χ3v) is 0.988. The minimum Gasteiger partial charge on any atom is -0.377 e. The third kappa shape index (κ3) is 3.96. The summed E-state index contributed by atoms with van der Waals surface area (Å²) < 4.78 is 0. The lowest BCUT2D eigenvalue weighted by Crippen LogP contribution is -2.11. The minimum atomic E-state index is 0.439. The van der Waals surface area contributed by atoms with Crippen LogP contribution in [0.3, 0.4) is 0 Å². The Kier molecular flexibility index (Phi) is 4.39. The van der Waals surface area contributed by atoms with Gasteiger partial charge in [-0.25, -0.2) is 0 Å². The second-order valence-electron chi connectivity index (χ2n) is 2.47. The maximum absolute atomic E-state index is 8.53. The van der Waals surface area contributed by atoms with Crippen molar-refractivity contribution in [3.63, 3.8) is 0 Å². The molecular weight excluding hydrogens is 124 g/mol. The van der Waals surface area contributed by atoms with Gasteiger partial charge < -0.3 is 5.32 Å². The molecule has 0 aliphatic carbocycles. The molecule has 0 aliphatic heterocycles. The molecule has 2 nitrogen and oxygen atoms in total. The summed E-state index contributed by atoms with van der Waals surface area (Å²) in [4.78, 5) is 0. The highest BCUT2D eigenvalue weighted by Crippen LogP contribution is 1.97. The van der Waals surface area contributed by atoms with E-state index in [0.717, 1.165) is 6.54 Å². The maximum atomic E-state index is 8.53. The number of hydrogen-bond donors (Lipinski definition) is 1. The predicted molar refractivity (Wildman–Crippen MR) is 42.2 cm³/mol. The third-order valence-electron chi connectivity index (χ3n) is 0.988. The van der Waals surface area contributed by atoms with Crippen molar-refractivity contribution in [2.75, 3.05) is 6.54 Å². The molecule has 0 amide bonds. The van der Waals surface area contributed by atoms with E-state index in [1.54, 1.807) is 0 Å². The van der Waals surface area contributed by atoms with Crippen LogP contribution in [0.5, 0.6) is 0 Å². The van der Waals surface area contributed by atoms with E-state index >= 15 is 0 Å². The van der Waals surface area contributed by atoms with Gasteiger partial charge in [0.25, 0.3) is 0 Å². The Bertz CT molecular complexity index is 151. The average Bonchev–Trinajstić information content (AvgIpc) is 1.86. The van der Waals surface area contributed by atoms with Crippen LogP contribution in [0.2, 0.25) is 0 Å². The van der Waals surface area contributed by atoms with Crippen molar-refractivity contribution < 1.29 is 0 Å². The summed E-state index contributed by atoms with van der Waals surface area (Å²) in [5, 5.41) is 11.5. The van der Waals surface area contributed by atoms with Crippen molar-refractivity contribution in [1.82, 2.24) is 5.32 Å². The van der Waals surface area contributed by atoms with Crippen LogP contribution in [0.4, 0.5) is 0 Å². The second kappa shape index (κ2) is 4.87. The first-order chi connectivity index (χ1) is 4.70. The Morgan fingerprint density at radius 1 is 1.70 bits per heavy atom. The van der Waals surface area contributed by atoms with Crippen molar-refractivity contribution in [2.24, 2.45) is 5.92 Å². The van der Waals surface area contributed by atoms with Gasteiger partial charge in [0.15, 0.2) is 0 Å². The fourth-order valence-corrected chi connectivity index (χ4v) is 0.660. The van der Waals surface area contributed by atoms with Crippen LogP contribution in [-0.4, -0.2) is 6.54 Å². The SMILES string of the molecule is CCNC(C#N)=CC(C)C. The summed E-state index contributed by atoms with van der Waals surface area (Å²) in [5.41, 5.74) is 0.678. The molecular formula is C8H14N2. The number of nitrogens with zero attached hydrogens (tertiary/aromatic N) is 1. The first-order valence-electron chi connectivity index (χ1n) is 3.56. The molecule has 0 aromatic rings. The first kappa shape index (κ1) is 9.03. The van der Waals surface area contributed by atoms with Gasteiger partial charge in [0.05, 0.1) is 0 Å². The van der Waals surface area contributed by atoms with Crippen LogP contribution in [0, 0.1) is 17.2 Å². The quantitative estimate of drug-likeness (QED) is 0.602. The molecule has 0 spiro atoms. The molecule has 0 atom stereocenters. The van der Waals surface area contributed by atoms with Crippen LogP contribution >= 0.6 is 0 Å². The molecule has 0 saturated heterocycles. The van der Waals surface area contributed by atoms with E-state index < -0.39 is 0 Å². The van der Waals surface area contributed by atoms with E-state index in [1.807, 2.05) is 13.0 Å². The topological polar surface area (TPSA) is 35.8 Å². The average molecular weight is 138 g/mol. The van der Waals surface area contributed by atoms with Crippen molar-refractivity contribution in [3.05, 3.63) is 11.8 Å². The lowest BCUT2D eigenvalue weighted by Gasteiger charge is -2.00. The summed E-state index contributed by atoms with van der Waals surface area (Å²) >= 11 is 0. The standard InChI is InChI=1S/C8H14N2/c1-4-10-8(6-9)5-7(2)3/h5,7,10H,4H2,1-3H3. The molecule has 0 bridgehead atoms. The molecule has 0 aromatic carbocycles. The summed E-state index contributed by atoms with van der Waals surface area (Å²) in [6.45, 7) is 6.89. The number of hydrogen-bond acceptors (Lipinski definition) is 2. The number of nitriles is 1. The summed E-state index contributed by atoms with van der Waals surface area (Å²) in [5.74, 6) is 0.439. The summed E-state index contributed by atoms with van der Waals surface area (Å²) in [6, 6.07) is 2.08. The van der Waals surface area contributed by atoms with E-state index in [2.05, 4.69) is 25.2 Å². The van der Waals surface area contributed by atoms with Crippen molar-refractivity contribution >= 4 is 0 Å². The zero-order valence-corrected chi connectivity index (χ0v) is 6.81. The van der Waals surface area contributed by atoms with E-state index in [1.165, 1.54) is 0 Å². The van der Waals surface area contributed by atoms with Gasteiger partial charge in [-0.05, 0) is 18.9 Å². The summed E-state index contributed by atoms with van der Waals surface area (Å²) in [6.07, 6.45) is 1.92. The van der Waals surface area contributed by atoms with Crippen molar-refractivity contribution in [2.45, 2.75) is 20.8 Å². The Balaban J connectivity index is 3.95. The van der Waals surface area contributed by atoms with Gasteiger partial charge in [-0.1, -0.05) is 13.8 Å². The number of allylic oxidation sites excluding steroid dienone is 2. The second-order valence-corrected chi connectivity index (χ2v) is 2.47. The number of rotatable bonds is 3. The predicted octanol–water partition coefficient (Wildman–Crippen LogP) is 1.66. The Morgan fingerprint density at radius 2 is 2.30 bits per heavy atom. The van der Waals surface area contributed by atoms with Gasteiger partial charge in [0, 0.05) is 6.54 Å². The largest absolute Gasteiger partial charge is 0.377 e. The van der Waals surface area contributed by atoms with Gasteiger partial charge >= 0.3 is 0 Å². The highest BCUT2D eigenvalue weighted by atomic mass is 14.9. The van der Waals surface area contributed by atoms with Crippen molar-refractivity contribution in [3.8, 4) is 6.07 Å². The molecule has 0 unspecified atom stereocenters. The molecule has 0 rings (SSSR count). The zero-order valence-electron chi connectivity index (χ0n) is 6.81. The van der Waals surface area contributed by atoms with Crippen LogP contribution in [0.25, 0.3) is 0 Å². The molecule has 0 fully saturated rings. The molecule has 10 heavy (non-hydrogen) atoms. The number of nitrogens with one attached hydrogen (secondary N) is 1. The fraction of sp³-hybridized carbons (Fsp3) is 0.625. The molecule has 2 heteroatoms. The molecule has 1 N–H and O–H groups in total. The Morgan fingerprint density at radius 3 is 2.60 bits per heavy atom. The molecule has 0 aliphatic rings. The van der Waals surface area contributed by atoms with E-state index in [0.29, 0.717) is 11.6 Å². The van der Waals surface area contributed by atoms with E-state index in [-0.39, 0.29) is 0 Å². The Labute approximate surface area is 62.5 Å². The highest BCUT2D eigenvalue weighted by Gasteiger charge is 1.92.